The van der Waals surface area contributed by atoms with Gasteiger partial charge >= 0.3 is 0 Å². The van der Waals surface area contributed by atoms with E-state index in [0.717, 1.165) is 12.8 Å². The molecule has 18 heavy (non-hydrogen) atoms. The summed E-state index contributed by atoms with van der Waals surface area (Å²) in [7, 11) is 0. The Labute approximate surface area is 110 Å². The summed E-state index contributed by atoms with van der Waals surface area (Å²) < 4.78 is 0. The van der Waals surface area contributed by atoms with Crippen LogP contribution in [0.1, 0.15) is 19.8 Å². The lowest BCUT2D eigenvalue weighted by Gasteiger charge is -2.04. The lowest BCUT2D eigenvalue weighted by atomic mass is 10.0. The standard InChI is InChI=1S/C18H20/c1-3-5-6-7-10-14-17(13-4-2)18-15-11-8-9-12-16-18/h3,5-11,13,15-16H,1,4,14H2,2H3/b6-5-,10-7-,17-13-. The summed E-state index contributed by atoms with van der Waals surface area (Å²) in [6.45, 7) is 5.80. The molecule has 0 saturated heterocycles. The first-order valence-electron chi connectivity index (χ1n) is 6.31. The van der Waals surface area contributed by atoms with Crippen molar-refractivity contribution < 1.29 is 0 Å². The van der Waals surface area contributed by atoms with E-state index in [1.165, 1.54) is 11.1 Å². The van der Waals surface area contributed by atoms with Crippen molar-refractivity contribution in [1.29, 1.82) is 0 Å². The van der Waals surface area contributed by atoms with Gasteiger partial charge in [-0.05, 0) is 36.1 Å². The van der Waals surface area contributed by atoms with Gasteiger partial charge < -0.3 is 0 Å². The summed E-state index contributed by atoms with van der Waals surface area (Å²) in [5.41, 5.74) is 5.73. The fraction of sp³-hybridized carbons (Fsp3) is 0.167. The van der Waals surface area contributed by atoms with Crippen LogP contribution in [0, 0.1) is 0 Å². The van der Waals surface area contributed by atoms with Gasteiger partial charge in [0.15, 0.2) is 0 Å². The molecule has 1 rings (SSSR count). The minimum absolute atomic E-state index is 0.938. The smallest absolute Gasteiger partial charge is 0.00913 e. The quantitative estimate of drug-likeness (QED) is 0.438. The molecule has 0 aliphatic heterocycles. The van der Waals surface area contributed by atoms with Crippen molar-refractivity contribution in [2.75, 3.05) is 0 Å². The number of hydrogen-bond donors (Lipinski definition) is 0. The summed E-state index contributed by atoms with van der Waals surface area (Å²) in [5.74, 6) is 0. The molecule has 0 unspecified atom stereocenters. The van der Waals surface area contributed by atoms with Gasteiger partial charge in [-0.25, -0.2) is 0 Å². The van der Waals surface area contributed by atoms with E-state index in [4.69, 9.17) is 0 Å². The highest BCUT2D eigenvalue weighted by Crippen LogP contribution is 2.18. The van der Waals surface area contributed by atoms with Crippen LogP contribution < -0.4 is 0 Å². The van der Waals surface area contributed by atoms with Gasteiger partial charge in [0.1, 0.15) is 0 Å². The van der Waals surface area contributed by atoms with Crippen molar-refractivity contribution in [2.45, 2.75) is 19.8 Å². The molecule has 0 radical (unpaired) electrons. The highest BCUT2D eigenvalue weighted by atomic mass is 14.0. The van der Waals surface area contributed by atoms with Gasteiger partial charge in [-0.2, -0.15) is 0 Å². The molecule has 0 N–H and O–H groups in total. The average Bonchev–Trinajstić information content (AvgIpc) is 2.66. The van der Waals surface area contributed by atoms with Crippen molar-refractivity contribution in [3.05, 3.63) is 90.3 Å². The van der Waals surface area contributed by atoms with Crippen LogP contribution >= 0.6 is 0 Å². The second-order valence-electron chi connectivity index (χ2n) is 3.88. The zero-order valence-corrected chi connectivity index (χ0v) is 11.0. The van der Waals surface area contributed by atoms with Crippen molar-refractivity contribution in [1.82, 2.24) is 0 Å². The number of hydrogen-bond acceptors (Lipinski definition) is 0. The third kappa shape index (κ3) is 5.34. The molecule has 0 bridgehead atoms. The second-order valence-corrected chi connectivity index (χ2v) is 3.88. The van der Waals surface area contributed by atoms with Gasteiger partial charge in [0, 0.05) is 0 Å². The SMILES string of the molecule is C=C/C=C\C=C/C/C(=C/CC)C1=CC=CC=C=C1. The minimum Gasteiger partial charge on any atom is -0.120 e. The second kappa shape index (κ2) is 9.04. The summed E-state index contributed by atoms with van der Waals surface area (Å²) in [5, 5.41) is 0. The van der Waals surface area contributed by atoms with E-state index in [-0.39, 0.29) is 0 Å². The maximum atomic E-state index is 3.64. The Hall–Kier alpha value is -2.04. The van der Waals surface area contributed by atoms with Crippen LogP contribution in [0.5, 0.6) is 0 Å². The lowest BCUT2D eigenvalue weighted by molar-refractivity contribution is 1.14. The van der Waals surface area contributed by atoms with Gasteiger partial charge in [0.2, 0.25) is 0 Å². The Morgan fingerprint density at radius 2 is 2.17 bits per heavy atom. The molecule has 0 heteroatoms. The topological polar surface area (TPSA) is 0 Å². The van der Waals surface area contributed by atoms with Crippen molar-refractivity contribution in [2.24, 2.45) is 0 Å². The molecule has 92 valence electrons. The van der Waals surface area contributed by atoms with E-state index in [2.05, 4.69) is 49.6 Å². The molecule has 0 spiro atoms. The van der Waals surface area contributed by atoms with E-state index in [9.17, 15) is 0 Å². The molecular weight excluding hydrogens is 216 g/mol. The Morgan fingerprint density at radius 1 is 1.28 bits per heavy atom. The van der Waals surface area contributed by atoms with Crippen molar-refractivity contribution in [3.8, 4) is 0 Å². The van der Waals surface area contributed by atoms with Crippen LogP contribution in [0.15, 0.2) is 90.3 Å². The molecule has 0 amide bonds. The maximum Gasteiger partial charge on any atom is -0.00913 e. The van der Waals surface area contributed by atoms with E-state index in [1.54, 1.807) is 6.08 Å². The van der Waals surface area contributed by atoms with Crippen LogP contribution in [-0.2, 0) is 0 Å². The summed E-state index contributed by atoms with van der Waals surface area (Å²) in [6.07, 6.45) is 24.3. The maximum absolute atomic E-state index is 3.64. The van der Waals surface area contributed by atoms with Crippen LogP contribution in [-0.4, -0.2) is 0 Å². The third-order valence-electron chi connectivity index (χ3n) is 2.47. The molecule has 0 aromatic carbocycles. The van der Waals surface area contributed by atoms with Crippen LogP contribution in [0.25, 0.3) is 0 Å². The monoisotopic (exact) mass is 236 g/mol. The normalized spacial score (nSPS) is 15.4. The van der Waals surface area contributed by atoms with Crippen molar-refractivity contribution in [3.63, 3.8) is 0 Å². The average molecular weight is 236 g/mol. The molecule has 0 aromatic rings. The Balaban J connectivity index is 2.75. The van der Waals surface area contributed by atoms with Gasteiger partial charge in [0.05, 0.1) is 0 Å². The minimum atomic E-state index is 0.938. The molecule has 0 heterocycles. The lowest BCUT2D eigenvalue weighted by Crippen LogP contribution is -1.85. The largest absolute Gasteiger partial charge is 0.120 e. The first kappa shape index (κ1) is 14.0. The van der Waals surface area contributed by atoms with E-state index >= 15 is 0 Å². The van der Waals surface area contributed by atoms with Crippen LogP contribution in [0.4, 0.5) is 0 Å². The molecule has 1 aliphatic carbocycles. The number of allylic oxidation sites excluding steroid dienone is 12. The van der Waals surface area contributed by atoms with E-state index in [1.807, 2.05) is 30.4 Å². The Morgan fingerprint density at radius 3 is 2.94 bits per heavy atom. The molecule has 0 fully saturated rings. The first-order chi connectivity index (χ1) is 8.88. The molecule has 0 saturated carbocycles. The molecule has 1 aliphatic rings. The molecule has 0 atom stereocenters. The third-order valence-corrected chi connectivity index (χ3v) is 2.47. The summed E-state index contributed by atoms with van der Waals surface area (Å²) in [4.78, 5) is 0. The number of rotatable bonds is 6. The molecular formula is C18H20. The first-order valence-corrected chi connectivity index (χ1v) is 6.31. The molecule has 0 aromatic heterocycles. The Kier molecular flexibility index (Phi) is 7.04. The fourth-order valence-electron chi connectivity index (χ4n) is 1.64. The zero-order chi connectivity index (χ0) is 13.1. The summed E-state index contributed by atoms with van der Waals surface area (Å²) >= 11 is 0. The fourth-order valence-corrected chi connectivity index (χ4v) is 1.64. The summed E-state index contributed by atoms with van der Waals surface area (Å²) in [6, 6.07) is 0. The highest BCUT2D eigenvalue weighted by molar-refractivity contribution is 5.44. The Bertz CT molecular complexity index is 470. The molecule has 0 nitrogen and oxygen atoms in total. The van der Waals surface area contributed by atoms with Crippen molar-refractivity contribution >= 4 is 0 Å². The van der Waals surface area contributed by atoms with Crippen LogP contribution in [0.3, 0.4) is 0 Å². The van der Waals surface area contributed by atoms with Crippen LogP contribution in [0.2, 0.25) is 0 Å². The predicted molar refractivity (Wildman–Crippen MR) is 81.3 cm³/mol. The van der Waals surface area contributed by atoms with Gasteiger partial charge in [-0.1, -0.05) is 68.2 Å². The van der Waals surface area contributed by atoms with Gasteiger partial charge in [-0.15, -0.1) is 5.73 Å². The van der Waals surface area contributed by atoms with Gasteiger partial charge in [-0.3, -0.25) is 0 Å². The predicted octanol–water partition coefficient (Wildman–Crippen LogP) is 5.22. The van der Waals surface area contributed by atoms with E-state index in [0.29, 0.717) is 0 Å². The van der Waals surface area contributed by atoms with Gasteiger partial charge in [0.25, 0.3) is 0 Å². The van der Waals surface area contributed by atoms with E-state index < -0.39 is 0 Å². The zero-order valence-electron chi connectivity index (χ0n) is 11.0. The highest BCUT2D eigenvalue weighted by Gasteiger charge is 1.99.